The van der Waals surface area contributed by atoms with Gasteiger partial charge in [0.1, 0.15) is 0 Å². The average molecular weight is 153 g/mol. The van der Waals surface area contributed by atoms with E-state index in [2.05, 4.69) is 25.3 Å². The molecule has 11 heavy (non-hydrogen) atoms. The molecule has 0 aromatic heterocycles. The van der Waals surface area contributed by atoms with Gasteiger partial charge in [0.25, 0.3) is 0 Å². The van der Waals surface area contributed by atoms with E-state index in [1.807, 2.05) is 0 Å². The fourth-order valence-electron chi connectivity index (χ4n) is 1.68. The zero-order valence-electron chi connectivity index (χ0n) is 7.77. The maximum Gasteiger partial charge on any atom is 0.00444 e. The van der Waals surface area contributed by atoms with Gasteiger partial charge in [0.15, 0.2) is 0 Å². The molecule has 1 atom stereocenters. The molecular weight excluding hydrogens is 134 g/mol. The van der Waals surface area contributed by atoms with Gasteiger partial charge in [0, 0.05) is 13.1 Å². The quantitative estimate of drug-likeness (QED) is 0.550. The molecule has 1 aliphatic rings. The number of piperidine rings is 1. The second-order valence-corrected chi connectivity index (χ2v) is 3.61. The first-order chi connectivity index (χ1) is 5.24. The van der Waals surface area contributed by atoms with Crippen LogP contribution in [0.25, 0.3) is 0 Å². The van der Waals surface area contributed by atoms with Gasteiger partial charge in [0.05, 0.1) is 0 Å². The highest BCUT2D eigenvalue weighted by molar-refractivity contribution is 5.03. The molecule has 0 amide bonds. The third-order valence-corrected chi connectivity index (χ3v) is 2.52. The fraction of sp³-hybridized carbons (Fsp3) is 0.800. The molecular formula is C10H19N. The van der Waals surface area contributed by atoms with Crippen LogP contribution in [0, 0.1) is 5.92 Å². The van der Waals surface area contributed by atoms with Crippen molar-refractivity contribution in [2.75, 3.05) is 19.6 Å². The molecule has 1 unspecified atom stereocenters. The lowest BCUT2D eigenvalue weighted by molar-refractivity contribution is 0.222. The second-order valence-electron chi connectivity index (χ2n) is 3.61. The highest BCUT2D eigenvalue weighted by atomic mass is 15.1. The second kappa shape index (κ2) is 3.91. The molecule has 0 aromatic rings. The van der Waals surface area contributed by atoms with E-state index in [9.17, 15) is 0 Å². The summed E-state index contributed by atoms with van der Waals surface area (Å²) in [7, 11) is 0. The molecule has 1 nitrogen and oxygen atoms in total. The van der Waals surface area contributed by atoms with Crippen LogP contribution in [-0.2, 0) is 0 Å². The van der Waals surface area contributed by atoms with Crippen LogP contribution in [0.15, 0.2) is 12.2 Å². The van der Waals surface area contributed by atoms with Crippen LogP contribution in [-0.4, -0.2) is 24.5 Å². The van der Waals surface area contributed by atoms with Crippen molar-refractivity contribution in [1.29, 1.82) is 0 Å². The Morgan fingerprint density at radius 2 is 2.36 bits per heavy atom. The van der Waals surface area contributed by atoms with E-state index in [1.165, 1.54) is 38.0 Å². The van der Waals surface area contributed by atoms with Crippen LogP contribution >= 0.6 is 0 Å². The molecule has 0 radical (unpaired) electrons. The number of likely N-dealkylation sites (tertiary alicyclic amines) is 1. The molecule has 1 fully saturated rings. The van der Waals surface area contributed by atoms with E-state index in [-0.39, 0.29) is 0 Å². The minimum atomic E-state index is 0.718. The van der Waals surface area contributed by atoms with Crippen LogP contribution in [0.2, 0.25) is 0 Å². The Hall–Kier alpha value is -0.300. The lowest BCUT2D eigenvalue weighted by Gasteiger charge is -2.32. The molecule has 64 valence electrons. The smallest absolute Gasteiger partial charge is 0.00444 e. The van der Waals surface area contributed by atoms with Crippen molar-refractivity contribution in [3.63, 3.8) is 0 Å². The highest BCUT2D eigenvalue weighted by Gasteiger charge is 2.17. The summed E-state index contributed by atoms with van der Waals surface area (Å²) in [6.07, 6.45) is 2.49. The van der Waals surface area contributed by atoms with Crippen LogP contribution in [0.5, 0.6) is 0 Å². The minimum absolute atomic E-state index is 0.718. The Kier molecular flexibility index (Phi) is 3.13. The van der Waals surface area contributed by atoms with Crippen LogP contribution in [0.3, 0.4) is 0 Å². The van der Waals surface area contributed by atoms with Gasteiger partial charge in [-0.3, -0.25) is 0 Å². The van der Waals surface area contributed by atoms with Crippen molar-refractivity contribution >= 4 is 0 Å². The Balaban J connectivity index is 2.33. The number of hydrogen-bond donors (Lipinski definition) is 0. The first kappa shape index (κ1) is 8.79. The van der Waals surface area contributed by atoms with Gasteiger partial charge in [0.2, 0.25) is 0 Å². The first-order valence-electron chi connectivity index (χ1n) is 4.64. The maximum absolute atomic E-state index is 4.06. The summed E-state index contributed by atoms with van der Waals surface area (Å²) in [4.78, 5) is 2.54. The van der Waals surface area contributed by atoms with E-state index < -0.39 is 0 Å². The molecule has 0 N–H and O–H groups in total. The van der Waals surface area contributed by atoms with E-state index in [4.69, 9.17) is 0 Å². The van der Waals surface area contributed by atoms with Crippen LogP contribution in [0.1, 0.15) is 26.7 Å². The molecule has 1 saturated heterocycles. The Labute approximate surface area is 70.1 Å². The zero-order chi connectivity index (χ0) is 8.27. The predicted molar refractivity (Wildman–Crippen MR) is 49.7 cm³/mol. The predicted octanol–water partition coefficient (Wildman–Crippen LogP) is 2.29. The Morgan fingerprint density at radius 1 is 1.64 bits per heavy atom. The van der Waals surface area contributed by atoms with Gasteiger partial charge in [-0.05, 0) is 25.3 Å². The van der Waals surface area contributed by atoms with Crippen molar-refractivity contribution in [3.8, 4) is 0 Å². The summed E-state index contributed by atoms with van der Waals surface area (Å²) >= 11 is 0. The summed E-state index contributed by atoms with van der Waals surface area (Å²) in [6.45, 7) is 12.3. The van der Waals surface area contributed by atoms with E-state index in [0.29, 0.717) is 0 Å². The summed E-state index contributed by atoms with van der Waals surface area (Å²) in [5.41, 5.74) is 1.44. The maximum atomic E-state index is 4.06. The van der Waals surface area contributed by atoms with Crippen molar-refractivity contribution in [2.45, 2.75) is 26.7 Å². The van der Waals surface area contributed by atoms with Crippen molar-refractivity contribution in [3.05, 3.63) is 12.2 Å². The average Bonchev–Trinajstić information content (AvgIpc) is 1.98. The van der Waals surface area contributed by atoms with Crippen LogP contribution < -0.4 is 0 Å². The molecule has 0 aliphatic carbocycles. The monoisotopic (exact) mass is 153 g/mol. The van der Waals surface area contributed by atoms with Gasteiger partial charge in [-0.15, -0.1) is 0 Å². The molecule has 1 aliphatic heterocycles. The van der Waals surface area contributed by atoms with Gasteiger partial charge in [-0.2, -0.15) is 0 Å². The van der Waals surface area contributed by atoms with E-state index in [0.717, 1.165) is 5.92 Å². The highest BCUT2D eigenvalue weighted by Crippen LogP contribution is 2.20. The summed E-state index contributed by atoms with van der Waals surface area (Å²) < 4.78 is 0. The van der Waals surface area contributed by atoms with E-state index in [1.54, 1.807) is 0 Å². The Bertz CT molecular complexity index is 140. The zero-order valence-corrected chi connectivity index (χ0v) is 7.77. The van der Waals surface area contributed by atoms with Gasteiger partial charge in [-0.25, -0.2) is 0 Å². The molecule has 1 rings (SSSR count). The normalized spacial score (nSPS) is 27.5. The standard InChI is InChI=1S/C10H19N/c1-4-6-11-7-5-9(2)10(3)8-11/h10H,2,4-8H2,1,3H3. The SMILES string of the molecule is C=C1CCN(CCC)CC1C. The fourth-order valence-corrected chi connectivity index (χ4v) is 1.68. The number of hydrogen-bond acceptors (Lipinski definition) is 1. The molecule has 1 heterocycles. The summed E-state index contributed by atoms with van der Waals surface area (Å²) in [6, 6.07) is 0. The number of rotatable bonds is 2. The lowest BCUT2D eigenvalue weighted by Crippen LogP contribution is -2.35. The Morgan fingerprint density at radius 3 is 2.91 bits per heavy atom. The minimum Gasteiger partial charge on any atom is -0.302 e. The van der Waals surface area contributed by atoms with Gasteiger partial charge < -0.3 is 4.90 Å². The topological polar surface area (TPSA) is 3.24 Å². The van der Waals surface area contributed by atoms with Gasteiger partial charge in [-0.1, -0.05) is 26.0 Å². The van der Waals surface area contributed by atoms with Crippen LogP contribution in [0.4, 0.5) is 0 Å². The molecule has 0 spiro atoms. The van der Waals surface area contributed by atoms with Crippen molar-refractivity contribution in [1.82, 2.24) is 4.90 Å². The third kappa shape index (κ3) is 2.33. The number of nitrogens with zero attached hydrogens (tertiary/aromatic N) is 1. The molecule has 0 bridgehead atoms. The summed E-state index contributed by atoms with van der Waals surface area (Å²) in [5, 5.41) is 0. The van der Waals surface area contributed by atoms with Gasteiger partial charge >= 0.3 is 0 Å². The first-order valence-corrected chi connectivity index (χ1v) is 4.64. The molecule has 0 saturated carbocycles. The van der Waals surface area contributed by atoms with Crippen molar-refractivity contribution in [2.24, 2.45) is 5.92 Å². The summed E-state index contributed by atoms with van der Waals surface area (Å²) in [5.74, 6) is 0.718. The third-order valence-electron chi connectivity index (χ3n) is 2.52. The largest absolute Gasteiger partial charge is 0.302 e. The molecule has 1 heteroatoms. The van der Waals surface area contributed by atoms with E-state index >= 15 is 0 Å². The molecule has 0 aromatic carbocycles. The lowest BCUT2D eigenvalue weighted by atomic mass is 9.95. The van der Waals surface area contributed by atoms with Crippen molar-refractivity contribution < 1.29 is 0 Å².